The second-order valence-electron chi connectivity index (χ2n) is 8.87. The molecule has 0 spiro atoms. The van der Waals surface area contributed by atoms with Gasteiger partial charge in [-0.25, -0.2) is 10.9 Å². The minimum atomic E-state index is -0.145. The summed E-state index contributed by atoms with van der Waals surface area (Å²) in [5.74, 6) is 2.07. The van der Waals surface area contributed by atoms with Crippen molar-refractivity contribution in [2.75, 3.05) is 27.4 Å². The summed E-state index contributed by atoms with van der Waals surface area (Å²) in [5, 5.41) is 8.03. The fraction of sp³-hybridized carbons (Fsp3) is 0.355. The van der Waals surface area contributed by atoms with Gasteiger partial charge in [-0.1, -0.05) is 44.6 Å². The van der Waals surface area contributed by atoms with E-state index < -0.39 is 0 Å². The third-order valence-electron chi connectivity index (χ3n) is 5.70. The molecule has 2 aromatic rings. The maximum Gasteiger partial charge on any atom is 0.240 e. The Balaban J connectivity index is 1.57. The highest BCUT2D eigenvalue weighted by atomic mass is 16.5. The zero-order valence-electron chi connectivity index (χ0n) is 23.9. The largest absolute Gasteiger partial charge is 0.493 e. The molecule has 10 nitrogen and oxygen atoms in total. The Morgan fingerprint density at radius 1 is 0.683 bits per heavy atom. The molecule has 2 rings (SSSR count). The summed E-state index contributed by atoms with van der Waals surface area (Å²) >= 11 is 0. The first-order valence-electron chi connectivity index (χ1n) is 13.5. The van der Waals surface area contributed by atoms with Crippen molar-refractivity contribution in [1.82, 2.24) is 10.9 Å². The molecule has 2 N–H and O–H groups in total. The third kappa shape index (κ3) is 12.9. The van der Waals surface area contributed by atoms with Crippen molar-refractivity contribution in [2.24, 2.45) is 10.2 Å². The summed E-state index contributed by atoms with van der Waals surface area (Å²) in [6.07, 6.45) is 11.4. The van der Waals surface area contributed by atoms with Gasteiger partial charge < -0.3 is 18.9 Å². The Bertz CT molecular complexity index is 1100. The smallest absolute Gasteiger partial charge is 0.240 e. The minimum absolute atomic E-state index is 0.145. The van der Waals surface area contributed by atoms with E-state index in [9.17, 15) is 9.59 Å². The van der Waals surface area contributed by atoms with E-state index in [4.69, 9.17) is 18.9 Å². The number of carbonyl (C=O) groups excluding carboxylic acids is 2. The highest BCUT2D eigenvalue weighted by Gasteiger charge is 2.06. The zero-order chi connectivity index (χ0) is 29.7. The zero-order valence-corrected chi connectivity index (χ0v) is 23.9. The second kappa shape index (κ2) is 19.5. The number of methoxy groups -OCH3 is 2. The first-order chi connectivity index (χ1) is 20.0. The minimum Gasteiger partial charge on any atom is -0.493 e. The first-order valence-corrected chi connectivity index (χ1v) is 13.5. The lowest BCUT2D eigenvalue weighted by Crippen LogP contribution is -2.17. The van der Waals surface area contributed by atoms with Crippen molar-refractivity contribution in [3.63, 3.8) is 0 Å². The Labute approximate surface area is 242 Å². The number of hydrazone groups is 2. The Morgan fingerprint density at radius 2 is 1.10 bits per heavy atom. The standard InChI is InChI=1S/C31H40N4O6/c1-5-18-40-26-16-14-24(20-28(26)38-3)22-32-34-30(36)12-10-8-7-9-11-13-31(37)35-33-23-25-15-17-27(41-19-6-2)29(21-25)39-4/h5-6,14-17,20-23H,1-2,7-13,18-19H2,3-4H3,(H,34,36)(H,35,37)/b32-22-,33-23-. The van der Waals surface area contributed by atoms with Crippen LogP contribution in [0.25, 0.3) is 0 Å². The molecule has 0 aliphatic carbocycles. The topological polar surface area (TPSA) is 120 Å². The lowest BCUT2D eigenvalue weighted by Gasteiger charge is -2.09. The van der Waals surface area contributed by atoms with Gasteiger partial charge in [-0.3, -0.25) is 9.59 Å². The predicted octanol–water partition coefficient (Wildman–Crippen LogP) is 5.16. The summed E-state index contributed by atoms with van der Waals surface area (Å²) < 4.78 is 21.7. The molecule has 0 aliphatic heterocycles. The van der Waals surface area contributed by atoms with Gasteiger partial charge in [-0.05, 0) is 60.4 Å². The molecule has 0 aromatic heterocycles. The van der Waals surface area contributed by atoms with Crippen molar-refractivity contribution in [1.29, 1.82) is 0 Å². The summed E-state index contributed by atoms with van der Waals surface area (Å²) in [6.45, 7) is 8.01. The molecule has 2 aromatic carbocycles. The summed E-state index contributed by atoms with van der Waals surface area (Å²) in [5.41, 5.74) is 6.63. The van der Waals surface area contributed by atoms with E-state index in [1.807, 2.05) is 12.1 Å². The van der Waals surface area contributed by atoms with Gasteiger partial charge in [0.25, 0.3) is 0 Å². The van der Waals surface area contributed by atoms with Crippen LogP contribution >= 0.6 is 0 Å². The van der Waals surface area contributed by atoms with E-state index in [1.165, 1.54) is 0 Å². The predicted molar refractivity (Wildman–Crippen MR) is 161 cm³/mol. The number of nitrogens with zero attached hydrogens (tertiary/aromatic N) is 2. The Hall–Kier alpha value is -4.60. The molecule has 0 heterocycles. The molecule has 0 unspecified atom stereocenters. The molecule has 10 heteroatoms. The number of ether oxygens (including phenoxy) is 4. The fourth-order valence-corrected chi connectivity index (χ4v) is 3.64. The van der Waals surface area contributed by atoms with Crippen LogP contribution in [0.15, 0.2) is 71.9 Å². The maximum absolute atomic E-state index is 12.0. The molecule has 0 radical (unpaired) electrons. The van der Waals surface area contributed by atoms with Crippen molar-refractivity contribution >= 4 is 24.2 Å². The van der Waals surface area contributed by atoms with Crippen LogP contribution in [0.4, 0.5) is 0 Å². The van der Waals surface area contributed by atoms with E-state index in [1.54, 1.807) is 63.1 Å². The van der Waals surface area contributed by atoms with Crippen molar-refractivity contribution in [2.45, 2.75) is 44.9 Å². The number of hydrogen-bond donors (Lipinski definition) is 2. The molecule has 41 heavy (non-hydrogen) atoms. The van der Waals surface area contributed by atoms with Gasteiger partial charge in [-0.15, -0.1) is 0 Å². The van der Waals surface area contributed by atoms with Crippen molar-refractivity contribution in [3.8, 4) is 23.0 Å². The summed E-state index contributed by atoms with van der Waals surface area (Å²) in [7, 11) is 3.12. The maximum atomic E-state index is 12.0. The average Bonchev–Trinajstić information content (AvgIpc) is 2.98. The van der Waals surface area contributed by atoms with Crippen LogP contribution in [0.2, 0.25) is 0 Å². The number of hydrogen-bond acceptors (Lipinski definition) is 8. The number of rotatable bonds is 20. The quantitative estimate of drug-likeness (QED) is 0.0992. The number of amides is 2. The van der Waals surface area contributed by atoms with Gasteiger partial charge in [0.15, 0.2) is 23.0 Å². The highest BCUT2D eigenvalue weighted by Crippen LogP contribution is 2.28. The molecule has 220 valence electrons. The SMILES string of the molecule is C=CCOc1ccc(/C=N\NC(=O)CCCCCCCC(=O)N/N=C\c2ccc(OCC=C)c(OC)c2)cc1OC. The first kappa shape index (κ1) is 32.6. The molecule has 0 aliphatic rings. The molecule has 0 saturated carbocycles. The molecule has 0 saturated heterocycles. The van der Waals surface area contributed by atoms with Gasteiger partial charge in [0.1, 0.15) is 13.2 Å². The van der Waals surface area contributed by atoms with Crippen LogP contribution in [0.3, 0.4) is 0 Å². The molecule has 0 fully saturated rings. The number of nitrogens with one attached hydrogen (secondary N) is 2. The van der Waals surface area contributed by atoms with Gasteiger partial charge in [0, 0.05) is 12.8 Å². The lowest BCUT2D eigenvalue weighted by molar-refractivity contribution is -0.121. The van der Waals surface area contributed by atoms with Gasteiger partial charge >= 0.3 is 0 Å². The van der Waals surface area contributed by atoms with E-state index in [2.05, 4.69) is 34.2 Å². The molecular weight excluding hydrogens is 524 g/mol. The van der Waals surface area contributed by atoms with E-state index in [0.29, 0.717) is 49.1 Å². The second-order valence-corrected chi connectivity index (χ2v) is 8.87. The van der Waals surface area contributed by atoms with Crippen molar-refractivity contribution in [3.05, 3.63) is 72.8 Å². The lowest BCUT2D eigenvalue weighted by atomic mass is 10.1. The number of benzene rings is 2. The summed E-state index contributed by atoms with van der Waals surface area (Å²) in [4.78, 5) is 24.1. The van der Waals surface area contributed by atoms with Crippen LogP contribution in [0, 0.1) is 0 Å². The van der Waals surface area contributed by atoms with Gasteiger partial charge in [0.05, 0.1) is 26.6 Å². The van der Waals surface area contributed by atoms with E-state index in [-0.39, 0.29) is 11.8 Å². The van der Waals surface area contributed by atoms with Crippen LogP contribution < -0.4 is 29.8 Å². The van der Waals surface area contributed by atoms with Gasteiger partial charge in [-0.2, -0.15) is 10.2 Å². The monoisotopic (exact) mass is 564 g/mol. The highest BCUT2D eigenvalue weighted by molar-refractivity contribution is 5.84. The van der Waals surface area contributed by atoms with E-state index >= 15 is 0 Å². The van der Waals surface area contributed by atoms with Crippen LogP contribution in [-0.2, 0) is 9.59 Å². The molecule has 2 amide bonds. The summed E-state index contributed by atoms with van der Waals surface area (Å²) in [6, 6.07) is 10.8. The number of carbonyl (C=O) groups is 2. The fourth-order valence-electron chi connectivity index (χ4n) is 3.64. The van der Waals surface area contributed by atoms with Crippen LogP contribution in [0.5, 0.6) is 23.0 Å². The molecule has 0 atom stereocenters. The molecular formula is C31H40N4O6. The third-order valence-corrected chi connectivity index (χ3v) is 5.70. The normalized spacial score (nSPS) is 10.8. The average molecular weight is 565 g/mol. The van der Waals surface area contributed by atoms with Gasteiger partial charge in [0.2, 0.25) is 11.8 Å². The van der Waals surface area contributed by atoms with Crippen molar-refractivity contribution < 1.29 is 28.5 Å². The molecule has 0 bridgehead atoms. The number of unbranched alkanes of at least 4 members (excludes halogenated alkanes) is 4. The van der Waals surface area contributed by atoms with Crippen LogP contribution in [0.1, 0.15) is 56.1 Å². The van der Waals surface area contributed by atoms with Crippen LogP contribution in [-0.4, -0.2) is 51.7 Å². The Morgan fingerprint density at radius 3 is 1.49 bits per heavy atom. The van der Waals surface area contributed by atoms with E-state index in [0.717, 1.165) is 43.2 Å². The Kier molecular flexibility index (Phi) is 15.5.